The van der Waals surface area contributed by atoms with E-state index in [1.54, 1.807) is 19.1 Å². The van der Waals surface area contributed by atoms with Crippen molar-refractivity contribution in [1.29, 1.82) is 0 Å². The highest BCUT2D eigenvalue weighted by molar-refractivity contribution is 6.42. The van der Waals surface area contributed by atoms with Gasteiger partial charge in [0.15, 0.2) is 0 Å². The van der Waals surface area contributed by atoms with E-state index in [4.69, 9.17) is 28.9 Å². The van der Waals surface area contributed by atoms with Gasteiger partial charge in [0.05, 0.1) is 22.1 Å². The molecule has 88 valence electrons. The van der Waals surface area contributed by atoms with Gasteiger partial charge in [-0.2, -0.15) is 0 Å². The third-order valence-corrected chi connectivity index (χ3v) is 3.05. The Labute approximate surface area is 105 Å². The molecule has 3 nitrogen and oxygen atoms in total. The van der Waals surface area contributed by atoms with E-state index in [2.05, 4.69) is 5.32 Å². The van der Waals surface area contributed by atoms with Crippen LogP contribution < -0.4 is 11.1 Å². The van der Waals surface area contributed by atoms with Crippen LogP contribution in [-0.2, 0) is 4.79 Å². The van der Waals surface area contributed by atoms with Crippen molar-refractivity contribution in [2.24, 2.45) is 5.73 Å². The zero-order valence-electron chi connectivity index (χ0n) is 9.13. The molecule has 0 saturated heterocycles. The highest BCUT2D eigenvalue weighted by Gasteiger charge is 2.15. The van der Waals surface area contributed by atoms with Gasteiger partial charge in [-0.1, -0.05) is 35.3 Å². The van der Waals surface area contributed by atoms with E-state index in [-0.39, 0.29) is 11.9 Å². The summed E-state index contributed by atoms with van der Waals surface area (Å²) in [5.74, 6) is -0.219. The molecule has 0 aliphatic heterocycles. The molecule has 0 fully saturated rings. The molecule has 1 aromatic rings. The Bertz CT molecular complexity index is 394. The molecular weight excluding hydrogens is 247 g/mol. The molecule has 1 rings (SSSR count). The first-order chi connectivity index (χ1) is 7.43. The molecule has 0 bridgehead atoms. The number of hydrogen-bond donors (Lipinski definition) is 2. The fourth-order valence-electron chi connectivity index (χ4n) is 1.28. The first kappa shape index (κ1) is 13.3. The van der Waals surface area contributed by atoms with Crippen LogP contribution in [0.2, 0.25) is 10.0 Å². The Balaban J connectivity index is 2.85. The molecule has 0 radical (unpaired) electrons. The largest absolute Gasteiger partial charge is 0.348 e. The zero-order chi connectivity index (χ0) is 12.3. The van der Waals surface area contributed by atoms with E-state index >= 15 is 0 Å². The third-order valence-electron chi connectivity index (χ3n) is 2.22. The van der Waals surface area contributed by atoms with Crippen LogP contribution in [0.1, 0.15) is 25.5 Å². The van der Waals surface area contributed by atoms with E-state index < -0.39 is 6.04 Å². The second-order valence-corrected chi connectivity index (χ2v) is 4.45. The number of halogens is 2. The molecule has 0 aliphatic carbocycles. The lowest BCUT2D eigenvalue weighted by molar-refractivity contribution is -0.122. The third kappa shape index (κ3) is 3.11. The normalized spacial score (nSPS) is 14.3. The van der Waals surface area contributed by atoms with E-state index in [0.717, 1.165) is 5.56 Å². The monoisotopic (exact) mass is 260 g/mol. The molecule has 1 aromatic carbocycles. The summed E-state index contributed by atoms with van der Waals surface area (Å²) in [5, 5.41) is 3.69. The molecule has 0 aliphatic rings. The van der Waals surface area contributed by atoms with E-state index in [9.17, 15) is 4.79 Å². The molecule has 5 heteroatoms. The Morgan fingerprint density at radius 2 is 2.00 bits per heavy atom. The maximum Gasteiger partial charge on any atom is 0.237 e. The van der Waals surface area contributed by atoms with Crippen LogP contribution in [0.4, 0.5) is 0 Å². The van der Waals surface area contributed by atoms with Crippen LogP contribution >= 0.6 is 23.2 Å². The number of benzene rings is 1. The van der Waals surface area contributed by atoms with Gasteiger partial charge in [0.25, 0.3) is 0 Å². The number of amides is 1. The SMILES string of the molecule is CC(NC(=O)[C@@H](C)N)c1cccc(Cl)c1Cl. The maximum atomic E-state index is 11.4. The number of nitrogens with one attached hydrogen (secondary N) is 1. The Kier molecular flexibility index (Phi) is 4.59. The van der Waals surface area contributed by atoms with Gasteiger partial charge in [-0.25, -0.2) is 0 Å². The first-order valence-electron chi connectivity index (χ1n) is 4.93. The van der Waals surface area contributed by atoms with Crippen molar-refractivity contribution in [3.05, 3.63) is 33.8 Å². The van der Waals surface area contributed by atoms with Crippen LogP contribution in [-0.4, -0.2) is 11.9 Å². The molecule has 0 heterocycles. The first-order valence-corrected chi connectivity index (χ1v) is 5.69. The van der Waals surface area contributed by atoms with Crippen molar-refractivity contribution >= 4 is 29.1 Å². The van der Waals surface area contributed by atoms with Crippen LogP contribution in [0.25, 0.3) is 0 Å². The summed E-state index contributed by atoms with van der Waals surface area (Å²) in [6, 6.07) is 4.55. The van der Waals surface area contributed by atoms with E-state index in [1.165, 1.54) is 0 Å². The summed E-state index contributed by atoms with van der Waals surface area (Å²) in [5.41, 5.74) is 6.24. The fraction of sp³-hybridized carbons (Fsp3) is 0.364. The Morgan fingerprint density at radius 3 is 2.56 bits per heavy atom. The van der Waals surface area contributed by atoms with Gasteiger partial charge < -0.3 is 11.1 Å². The van der Waals surface area contributed by atoms with Gasteiger partial charge in [0, 0.05) is 0 Å². The Hall–Kier alpha value is -0.770. The zero-order valence-corrected chi connectivity index (χ0v) is 10.6. The van der Waals surface area contributed by atoms with Crippen LogP contribution in [0, 0.1) is 0 Å². The second-order valence-electron chi connectivity index (χ2n) is 3.66. The molecule has 1 unspecified atom stereocenters. The highest BCUT2D eigenvalue weighted by Crippen LogP contribution is 2.29. The summed E-state index contributed by atoms with van der Waals surface area (Å²) in [6.07, 6.45) is 0. The van der Waals surface area contributed by atoms with Crippen molar-refractivity contribution < 1.29 is 4.79 Å². The number of nitrogens with two attached hydrogens (primary N) is 1. The van der Waals surface area contributed by atoms with Crippen molar-refractivity contribution in [3.63, 3.8) is 0 Å². The molecule has 0 spiro atoms. The summed E-state index contributed by atoms with van der Waals surface area (Å²) in [4.78, 5) is 11.4. The van der Waals surface area contributed by atoms with Gasteiger partial charge in [-0.05, 0) is 25.5 Å². The minimum Gasteiger partial charge on any atom is -0.348 e. The molecule has 0 saturated carbocycles. The average molecular weight is 261 g/mol. The van der Waals surface area contributed by atoms with Crippen molar-refractivity contribution in [2.75, 3.05) is 0 Å². The molecule has 1 amide bonds. The number of hydrogen-bond acceptors (Lipinski definition) is 2. The average Bonchev–Trinajstić information content (AvgIpc) is 2.21. The topological polar surface area (TPSA) is 55.1 Å². The predicted molar refractivity (Wildman–Crippen MR) is 66.7 cm³/mol. The minimum atomic E-state index is -0.541. The van der Waals surface area contributed by atoms with Crippen molar-refractivity contribution in [1.82, 2.24) is 5.32 Å². The van der Waals surface area contributed by atoms with Crippen molar-refractivity contribution in [2.45, 2.75) is 25.9 Å². The summed E-state index contributed by atoms with van der Waals surface area (Å²) >= 11 is 11.9. The van der Waals surface area contributed by atoms with Gasteiger partial charge in [-0.15, -0.1) is 0 Å². The summed E-state index contributed by atoms with van der Waals surface area (Å²) in [7, 11) is 0. The van der Waals surface area contributed by atoms with Gasteiger partial charge in [0.1, 0.15) is 0 Å². The lowest BCUT2D eigenvalue weighted by Crippen LogP contribution is -2.39. The highest BCUT2D eigenvalue weighted by atomic mass is 35.5. The molecule has 3 N–H and O–H groups in total. The molecule has 0 aromatic heterocycles. The van der Waals surface area contributed by atoms with Gasteiger partial charge >= 0.3 is 0 Å². The fourth-order valence-corrected chi connectivity index (χ4v) is 1.75. The van der Waals surface area contributed by atoms with E-state index in [1.807, 2.05) is 13.0 Å². The molecular formula is C11H14Cl2N2O. The molecule has 2 atom stereocenters. The van der Waals surface area contributed by atoms with Crippen LogP contribution in [0.3, 0.4) is 0 Å². The van der Waals surface area contributed by atoms with Crippen molar-refractivity contribution in [3.8, 4) is 0 Å². The quantitative estimate of drug-likeness (QED) is 0.878. The van der Waals surface area contributed by atoms with Crippen LogP contribution in [0.15, 0.2) is 18.2 Å². The second kappa shape index (κ2) is 5.53. The van der Waals surface area contributed by atoms with Gasteiger partial charge in [0.2, 0.25) is 5.91 Å². The smallest absolute Gasteiger partial charge is 0.237 e. The van der Waals surface area contributed by atoms with Crippen LogP contribution in [0.5, 0.6) is 0 Å². The summed E-state index contributed by atoms with van der Waals surface area (Å²) < 4.78 is 0. The standard InChI is InChI=1S/C11H14Cl2N2O/c1-6(14)11(16)15-7(2)8-4-3-5-9(12)10(8)13/h3-7H,14H2,1-2H3,(H,15,16)/t6-,7?/m1/s1. The summed E-state index contributed by atoms with van der Waals surface area (Å²) in [6.45, 7) is 3.46. The number of carbonyl (C=O) groups is 1. The van der Waals surface area contributed by atoms with Gasteiger partial charge in [-0.3, -0.25) is 4.79 Å². The maximum absolute atomic E-state index is 11.4. The lowest BCUT2D eigenvalue weighted by atomic mass is 10.1. The minimum absolute atomic E-state index is 0.218. The predicted octanol–water partition coefficient (Wildman–Crippen LogP) is 2.52. The Morgan fingerprint density at radius 1 is 1.38 bits per heavy atom. The number of carbonyl (C=O) groups excluding carboxylic acids is 1. The number of rotatable bonds is 3. The van der Waals surface area contributed by atoms with E-state index in [0.29, 0.717) is 10.0 Å². The lowest BCUT2D eigenvalue weighted by Gasteiger charge is -2.17. The molecule has 16 heavy (non-hydrogen) atoms.